The first-order chi connectivity index (χ1) is 7.72. The van der Waals surface area contributed by atoms with Crippen LogP contribution in [0.2, 0.25) is 0 Å². The summed E-state index contributed by atoms with van der Waals surface area (Å²) in [6.07, 6.45) is 0. The molecule has 0 aliphatic carbocycles. The Morgan fingerprint density at radius 2 is 2.06 bits per heavy atom. The van der Waals surface area contributed by atoms with Crippen LogP contribution in [0.4, 0.5) is 5.69 Å². The highest BCUT2D eigenvalue weighted by atomic mass is 79.9. The first kappa shape index (κ1) is 14.2. The molecule has 0 radical (unpaired) electrons. The number of carbonyl (C=O) groups is 1. The fraction of sp³-hybridized carbons (Fsp3) is 0.364. The monoisotopic (exact) mass is 319 g/mol. The second-order valence-corrected chi connectivity index (χ2v) is 8.51. The van der Waals surface area contributed by atoms with Crippen LogP contribution in [0.15, 0.2) is 24.3 Å². The quantitative estimate of drug-likeness (QED) is 0.523. The van der Waals surface area contributed by atoms with E-state index in [1.165, 1.54) is 19.9 Å². The van der Waals surface area contributed by atoms with Crippen LogP contribution in [0.3, 0.4) is 0 Å². The molecule has 1 unspecified atom stereocenters. The average Bonchev–Trinajstić information content (AvgIpc) is 2.27. The number of carbonyl (C=O) groups excluding carboxylic acids is 1. The number of ketones is 1. The van der Waals surface area contributed by atoms with E-state index in [1.54, 1.807) is 18.2 Å². The molecule has 0 saturated heterocycles. The molecule has 0 aromatic heterocycles. The lowest BCUT2D eigenvalue weighted by atomic mass is 10.1. The third-order valence-electron chi connectivity index (χ3n) is 2.52. The number of sulfone groups is 1. The fourth-order valence-corrected chi connectivity index (χ4v) is 3.21. The zero-order valence-corrected chi connectivity index (χ0v) is 12.0. The van der Waals surface area contributed by atoms with Gasteiger partial charge in [-0.3, -0.25) is 4.79 Å². The summed E-state index contributed by atoms with van der Waals surface area (Å²) in [5, 5.41) is 0. The predicted octanol–water partition coefficient (Wildman–Crippen LogP) is 2.00. The summed E-state index contributed by atoms with van der Waals surface area (Å²) in [5.74, 6) is -0.616. The molecule has 1 aromatic carbocycles. The van der Waals surface area contributed by atoms with E-state index < -0.39 is 19.3 Å². The van der Waals surface area contributed by atoms with Crippen LogP contribution >= 0.6 is 15.9 Å². The Labute approximate surface area is 109 Å². The van der Waals surface area contributed by atoms with Crippen LogP contribution in [-0.2, 0) is 9.84 Å². The number of benzene rings is 1. The van der Waals surface area contributed by atoms with Crippen molar-refractivity contribution in [1.82, 2.24) is 0 Å². The number of Topliss-reactive ketones (excluding diaryl/α,β-unsaturated/α-hetero) is 1. The van der Waals surface area contributed by atoms with Crippen molar-refractivity contribution in [3.8, 4) is 0 Å². The maximum absolute atomic E-state index is 12.1. The summed E-state index contributed by atoms with van der Waals surface area (Å²) in [6, 6.07) is 6.26. The van der Waals surface area contributed by atoms with Gasteiger partial charge in [-0.1, -0.05) is 35.0 Å². The van der Waals surface area contributed by atoms with Crippen LogP contribution in [0.25, 0.3) is 0 Å². The van der Waals surface area contributed by atoms with Gasteiger partial charge in [-0.2, -0.15) is 0 Å². The Hall–Kier alpha value is -0.880. The molecule has 0 aliphatic rings. The van der Waals surface area contributed by atoms with Crippen LogP contribution in [0, 0.1) is 0 Å². The molecule has 1 aromatic rings. The molecule has 0 saturated carbocycles. The van der Waals surface area contributed by atoms with E-state index >= 15 is 0 Å². The predicted molar refractivity (Wildman–Crippen MR) is 72.0 cm³/mol. The molecule has 2 N–H and O–H groups in total. The number of nitrogens with two attached hydrogens (primary N) is 1. The minimum absolute atomic E-state index is 0.108. The zero-order valence-electron chi connectivity index (χ0n) is 9.60. The van der Waals surface area contributed by atoms with Gasteiger partial charge in [0.15, 0.2) is 19.3 Å². The van der Waals surface area contributed by atoms with Gasteiger partial charge >= 0.3 is 0 Å². The van der Waals surface area contributed by atoms with Crippen LogP contribution in [0.1, 0.15) is 24.2 Å². The third kappa shape index (κ3) is 2.69. The van der Waals surface area contributed by atoms with Crippen molar-refractivity contribution in [2.24, 2.45) is 0 Å². The molecule has 0 heterocycles. The van der Waals surface area contributed by atoms with Crippen molar-refractivity contribution >= 4 is 37.2 Å². The summed E-state index contributed by atoms with van der Waals surface area (Å²) >= 11 is 3.01. The first-order valence-electron chi connectivity index (χ1n) is 5.04. The largest absolute Gasteiger partial charge is 0.399 e. The number of anilines is 1. The molecule has 94 valence electrons. The minimum Gasteiger partial charge on any atom is -0.399 e. The van der Waals surface area contributed by atoms with E-state index in [0.717, 1.165) is 0 Å². The van der Waals surface area contributed by atoms with E-state index in [4.69, 9.17) is 5.73 Å². The zero-order chi connectivity index (χ0) is 13.3. The summed E-state index contributed by atoms with van der Waals surface area (Å²) in [6.45, 7) is 2.85. The number of rotatable bonds is 4. The molecule has 4 nitrogen and oxygen atoms in total. The number of hydrogen-bond donors (Lipinski definition) is 1. The highest BCUT2D eigenvalue weighted by molar-refractivity contribution is 9.12. The molecule has 0 fully saturated rings. The van der Waals surface area contributed by atoms with Crippen LogP contribution in [0.5, 0.6) is 0 Å². The Kier molecular flexibility index (Phi) is 3.99. The Morgan fingerprint density at radius 3 is 2.53 bits per heavy atom. The lowest BCUT2D eigenvalue weighted by molar-refractivity contribution is 0.0983. The van der Waals surface area contributed by atoms with E-state index in [9.17, 15) is 13.2 Å². The fourth-order valence-electron chi connectivity index (χ4n) is 1.35. The van der Waals surface area contributed by atoms with E-state index in [2.05, 4.69) is 15.9 Å². The Morgan fingerprint density at radius 1 is 1.47 bits per heavy atom. The highest BCUT2D eigenvalue weighted by Crippen LogP contribution is 2.30. The summed E-state index contributed by atoms with van der Waals surface area (Å²) in [5.41, 5.74) is 6.27. The molecule has 6 heteroatoms. The van der Waals surface area contributed by atoms with Crippen LogP contribution < -0.4 is 5.73 Å². The van der Waals surface area contributed by atoms with Gasteiger partial charge in [0.25, 0.3) is 0 Å². The number of alkyl halides is 1. The summed E-state index contributed by atoms with van der Waals surface area (Å²) in [4.78, 5) is 12.1. The van der Waals surface area contributed by atoms with E-state index in [0.29, 0.717) is 5.69 Å². The molecule has 17 heavy (non-hydrogen) atoms. The summed E-state index contributed by atoms with van der Waals surface area (Å²) in [7, 11) is -3.53. The van der Waals surface area contributed by atoms with Gasteiger partial charge in [-0.05, 0) is 19.1 Å². The number of hydrogen-bond acceptors (Lipinski definition) is 4. The lowest BCUT2D eigenvalue weighted by Gasteiger charge is -2.20. The number of halogens is 1. The molecule has 1 rings (SSSR count). The highest BCUT2D eigenvalue weighted by Gasteiger charge is 2.42. The Bertz CT molecular complexity index is 537. The molecule has 0 aliphatic heterocycles. The molecule has 0 amide bonds. The van der Waals surface area contributed by atoms with Crippen molar-refractivity contribution in [1.29, 1.82) is 0 Å². The van der Waals surface area contributed by atoms with E-state index in [-0.39, 0.29) is 11.3 Å². The summed E-state index contributed by atoms with van der Waals surface area (Å²) < 4.78 is 22.0. The number of nitrogen functional groups attached to an aromatic ring is 1. The molecule has 0 bridgehead atoms. The standard InChI is InChI=1S/C11H14BrNO3S/c1-3-17(15,16)11(2,12)10(14)8-5-4-6-9(13)7-8/h4-7H,3,13H2,1-2H3. The van der Waals surface area contributed by atoms with Gasteiger partial charge in [0.05, 0.1) is 0 Å². The lowest BCUT2D eigenvalue weighted by Crippen LogP contribution is -2.38. The smallest absolute Gasteiger partial charge is 0.194 e. The maximum atomic E-state index is 12.1. The van der Waals surface area contributed by atoms with Crippen molar-refractivity contribution in [3.05, 3.63) is 29.8 Å². The molecular weight excluding hydrogens is 306 g/mol. The second-order valence-electron chi connectivity index (χ2n) is 3.77. The molecule has 1 atom stereocenters. The second kappa shape index (κ2) is 4.78. The average molecular weight is 320 g/mol. The molecule has 0 spiro atoms. The first-order valence-corrected chi connectivity index (χ1v) is 7.48. The van der Waals surface area contributed by atoms with Gasteiger partial charge in [-0.15, -0.1) is 0 Å². The van der Waals surface area contributed by atoms with Gasteiger partial charge < -0.3 is 5.73 Å². The SMILES string of the molecule is CCS(=O)(=O)C(C)(Br)C(=O)c1cccc(N)c1. The third-order valence-corrected chi connectivity index (χ3v) is 6.47. The van der Waals surface area contributed by atoms with Gasteiger partial charge in [-0.25, -0.2) is 8.42 Å². The van der Waals surface area contributed by atoms with Crippen molar-refractivity contribution in [3.63, 3.8) is 0 Å². The van der Waals surface area contributed by atoms with Crippen molar-refractivity contribution in [2.75, 3.05) is 11.5 Å². The van der Waals surface area contributed by atoms with Crippen molar-refractivity contribution in [2.45, 2.75) is 17.5 Å². The van der Waals surface area contributed by atoms with Gasteiger partial charge in [0, 0.05) is 17.0 Å². The van der Waals surface area contributed by atoms with Gasteiger partial charge in [0.1, 0.15) is 0 Å². The van der Waals surface area contributed by atoms with Crippen LogP contribution in [-0.4, -0.2) is 23.6 Å². The molecular formula is C11H14BrNO3S. The van der Waals surface area contributed by atoms with Gasteiger partial charge in [0.2, 0.25) is 0 Å². The normalized spacial score (nSPS) is 15.2. The van der Waals surface area contributed by atoms with E-state index in [1.807, 2.05) is 0 Å². The Balaban J connectivity index is 3.23. The minimum atomic E-state index is -3.53. The maximum Gasteiger partial charge on any atom is 0.194 e. The van der Waals surface area contributed by atoms with Crippen molar-refractivity contribution < 1.29 is 13.2 Å². The topological polar surface area (TPSA) is 77.2 Å².